The molecule has 2 heterocycles. The van der Waals surface area contributed by atoms with E-state index in [1.807, 2.05) is 31.7 Å². The molecule has 1 saturated heterocycles. The van der Waals surface area contributed by atoms with Crippen molar-refractivity contribution in [3.63, 3.8) is 0 Å². The van der Waals surface area contributed by atoms with Crippen molar-refractivity contribution in [3.05, 3.63) is 54.5 Å². The molecule has 0 aliphatic carbocycles. The Morgan fingerprint density at radius 1 is 1.07 bits per heavy atom. The molecule has 3 aromatic rings. The molecule has 0 spiro atoms. The number of carbonyl (C=O) groups is 1. The molecular weight excluding hydrogens is 562 g/mol. The first-order chi connectivity index (χ1) is 20.1. The summed E-state index contributed by atoms with van der Waals surface area (Å²) in [5.41, 5.74) is 0.577. The van der Waals surface area contributed by atoms with Crippen molar-refractivity contribution in [3.8, 4) is 23.0 Å². The lowest BCUT2D eigenvalue weighted by atomic mass is 9.85. The third kappa shape index (κ3) is 7.02. The first-order valence-corrected chi connectivity index (χ1v) is 15.1. The van der Waals surface area contributed by atoms with E-state index in [2.05, 4.69) is 14.7 Å². The maximum absolute atomic E-state index is 14.3. The van der Waals surface area contributed by atoms with E-state index in [4.69, 9.17) is 14.2 Å². The zero-order valence-corrected chi connectivity index (χ0v) is 25.1. The van der Waals surface area contributed by atoms with Crippen LogP contribution >= 0.6 is 0 Å². The van der Waals surface area contributed by atoms with Gasteiger partial charge in [-0.3, -0.25) is 9.52 Å². The van der Waals surface area contributed by atoms with Gasteiger partial charge in [0.05, 0.1) is 19.4 Å². The van der Waals surface area contributed by atoms with Gasteiger partial charge in [-0.25, -0.2) is 18.4 Å². The van der Waals surface area contributed by atoms with Crippen molar-refractivity contribution < 1.29 is 32.5 Å². The van der Waals surface area contributed by atoms with Crippen LogP contribution in [0.1, 0.15) is 32.8 Å². The molecule has 1 amide bonds. The lowest BCUT2D eigenvalue weighted by Crippen LogP contribution is -2.46. The van der Waals surface area contributed by atoms with Gasteiger partial charge in [0.2, 0.25) is 6.41 Å². The Balaban J connectivity index is 2.01. The van der Waals surface area contributed by atoms with Gasteiger partial charge in [0.15, 0.2) is 27.9 Å². The predicted octanol–water partition coefficient (Wildman–Crippen LogP) is 3.42. The van der Waals surface area contributed by atoms with Crippen LogP contribution in [0.15, 0.2) is 53.8 Å². The van der Waals surface area contributed by atoms with Crippen LogP contribution in [0.3, 0.4) is 0 Å². The van der Waals surface area contributed by atoms with Crippen LogP contribution in [-0.2, 0) is 20.2 Å². The molecule has 0 radical (unpaired) electrons. The number of para-hydroxylation sites is 2. The summed E-state index contributed by atoms with van der Waals surface area (Å²) in [4.78, 5) is 22.8. The van der Waals surface area contributed by atoms with Crippen LogP contribution in [0.4, 0.5) is 11.5 Å². The minimum atomic E-state index is -4.34. The Bertz CT molecular complexity index is 1470. The molecule has 1 fully saturated rings. The number of anilines is 2. The van der Waals surface area contributed by atoms with Gasteiger partial charge in [-0.1, -0.05) is 32.9 Å². The van der Waals surface area contributed by atoms with Crippen LogP contribution in [0.2, 0.25) is 0 Å². The molecule has 2 N–H and O–H groups in total. The van der Waals surface area contributed by atoms with Gasteiger partial charge in [0, 0.05) is 51.0 Å². The Morgan fingerprint density at radius 2 is 1.79 bits per heavy atom. The number of nitrogens with zero attached hydrogens (tertiary/aromatic N) is 4. The van der Waals surface area contributed by atoms with Gasteiger partial charge in [-0.15, -0.1) is 0 Å². The van der Waals surface area contributed by atoms with Crippen LogP contribution in [0.5, 0.6) is 23.0 Å². The van der Waals surface area contributed by atoms with E-state index >= 15 is 0 Å². The number of rotatable bonds is 12. The number of amides is 1. The Hall–Kier alpha value is -4.10. The van der Waals surface area contributed by atoms with E-state index in [1.54, 1.807) is 29.2 Å². The highest BCUT2D eigenvalue weighted by Crippen LogP contribution is 2.50. The number of carbonyl (C=O) groups excluding carboxylic acids is 1. The maximum Gasteiger partial charge on any atom is 0.268 e. The zero-order valence-electron chi connectivity index (χ0n) is 24.2. The summed E-state index contributed by atoms with van der Waals surface area (Å²) in [6.45, 7) is 7.52. The molecule has 4 rings (SSSR count). The van der Waals surface area contributed by atoms with Crippen LogP contribution < -0.4 is 23.8 Å². The Morgan fingerprint density at radius 3 is 2.38 bits per heavy atom. The highest BCUT2D eigenvalue weighted by atomic mass is 32.2. The highest BCUT2D eigenvalue weighted by Gasteiger charge is 2.36. The standard InChI is InChI=1S/C29H37N5O7S/c1-29(2,3)21-18-22(34-14-12-33(20-36)13-15-34)28(42(37,38)32-25-10-11-30-19-31-25)27(40-17-7-16-35)26(21)41-24-9-6-5-8-23(24)39-4/h5-6,8-11,18-20,35H,7,12-17H2,1-4H3,(H,30,31,32). The summed E-state index contributed by atoms with van der Waals surface area (Å²) in [7, 11) is -2.81. The van der Waals surface area contributed by atoms with Crippen LogP contribution in [0.25, 0.3) is 0 Å². The summed E-state index contributed by atoms with van der Waals surface area (Å²) in [5, 5.41) is 9.52. The Kier molecular flexibility index (Phi) is 9.74. The highest BCUT2D eigenvalue weighted by molar-refractivity contribution is 7.93. The topological polar surface area (TPSA) is 143 Å². The van der Waals surface area contributed by atoms with E-state index in [1.165, 1.54) is 25.7 Å². The normalized spacial score (nSPS) is 13.9. The number of aromatic nitrogens is 2. The van der Waals surface area contributed by atoms with Crippen molar-refractivity contribution in [1.29, 1.82) is 0 Å². The largest absolute Gasteiger partial charge is 0.493 e. The molecule has 42 heavy (non-hydrogen) atoms. The summed E-state index contributed by atoms with van der Waals surface area (Å²) < 4.78 is 49.3. The number of nitrogens with one attached hydrogen (secondary N) is 1. The number of methoxy groups -OCH3 is 1. The van der Waals surface area contributed by atoms with E-state index in [9.17, 15) is 18.3 Å². The third-order valence-electron chi connectivity index (χ3n) is 6.70. The lowest BCUT2D eigenvalue weighted by Gasteiger charge is -2.37. The molecule has 0 unspecified atom stereocenters. The fourth-order valence-electron chi connectivity index (χ4n) is 4.55. The van der Waals surface area contributed by atoms with Crippen molar-refractivity contribution >= 4 is 27.9 Å². The fourth-order valence-corrected chi connectivity index (χ4v) is 5.91. The average molecular weight is 600 g/mol. The number of benzene rings is 2. The zero-order chi connectivity index (χ0) is 30.3. The Labute approximate surface area is 246 Å². The number of hydrogen-bond acceptors (Lipinski definition) is 10. The van der Waals surface area contributed by atoms with Gasteiger partial charge in [0.25, 0.3) is 10.0 Å². The van der Waals surface area contributed by atoms with Gasteiger partial charge >= 0.3 is 0 Å². The monoisotopic (exact) mass is 599 g/mol. The molecule has 226 valence electrons. The smallest absolute Gasteiger partial charge is 0.268 e. The molecule has 1 aliphatic heterocycles. The van der Waals surface area contributed by atoms with E-state index in [0.29, 0.717) is 48.9 Å². The predicted molar refractivity (Wildman–Crippen MR) is 158 cm³/mol. The van der Waals surface area contributed by atoms with E-state index in [0.717, 1.165) is 6.41 Å². The third-order valence-corrected chi connectivity index (χ3v) is 8.11. The maximum atomic E-state index is 14.3. The average Bonchev–Trinajstić information content (AvgIpc) is 2.97. The molecule has 2 aromatic carbocycles. The molecule has 0 bridgehead atoms. The van der Waals surface area contributed by atoms with Gasteiger partial charge in [-0.05, 0) is 29.7 Å². The first-order valence-electron chi connectivity index (χ1n) is 13.6. The number of hydrogen-bond donors (Lipinski definition) is 2. The molecule has 0 saturated carbocycles. The summed E-state index contributed by atoms with van der Waals surface area (Å²) in [5.74, 6) is 1.11. The van der Waals surface area contributed by atoms with Crippen molar-refractivity contribution in [1.82, 2.24) is 14.9 Å². The molecule has 1 aliphatic rings. The first kappa shape index (κ1) is 30.8. The summed E-state index contributed by atoms with van der Waals surface area (Å²) >= 11 is 0. The SMILES string of the molecule is COc1ccccc1Oc1c(C(C)(C)C)cc(N2CCN(C=O)CC2)c(S(=O)(=O)Nc2ccncn2)c1OCCCO. The van der Waals surface area contributed by atoms with Crippen molar-refractivity contribution in [2.75, 3.05) is 56.1 Å². The number of sulfonamides is 1. The lowest BCUT2D eigenvalue weighted by molar-refractivity contribution is -0.118. The summed E-state index contributed by atoms with van der Waals surface area (Å²) in [6, 6.07) is 10.3. The van der Waals surface area contributed by atoms with Crippen LogP contribution in [0, 0.1) is 0 Å². The van der Waals surface area contributed by atoms with Crippen LogP contribution in [-0.4, -0.2) is 81.3 Å². The molecule has 13 heteroatoms. The second-order valence-electron chi connectivity index (χ2n) is 10.7. The fraction of sp³-hybridized carbons (Fsp3) is 0.414. The molecular formula is C29H37N5O7S. The molecule has 12 nitrogen and oxygen atoms in total. The molecule has 0 atom stereocenters. The minimum Gasteiger partial charge on any atom is -0.493 e. The van der Waals surface area contributed by atoms with Gasteiger partial charge < -0.3 is 29.1 Å². The number of ether oxygens (including phenoxy) is 3. The van der Waals surface area contributed by atoms with Gasteiger partial charge in [0.1, 0.15) is 12.1 Å². The number of piperazine rings is 1. The number of aliphatic hydroxyl groups excluding tert-OH is 1. The van der Waals surface area contributed by atoms with Crippen molar-refractivity contribution in [2.24, 2.45) is 0 Å². The second-order valence-corrected chi connectivity index (χ2v) is 12.3. The summed E-state index contributed by atoms with van der Waals surface area (Å²) in [6.07, 6.45) is 3.73. The second kappa shape index (κ2) is 13.3. The van der Waals surface area contributed by atoms with E-state index in [-0.39, 0.29) is 41.8 Å². The quantitative estimate of drug-likeness (QED) is 0.235. The number of aliphatic hydroxyl groups is 1. The van der Waals surface area contributed by atoms with Crippen molar-refractivity contribution in [2.45, 2.75) is 37.5 Å². The minimum absolute atomic E-state index is 0.00356. The molecule has 1 aromatic heterocycles. The van der Waals surface area contributed by atoms with Gasteiger partial charge in [-0.2, -0.15) is 0 Å². The van der Waals surface area contributed by atoms with E-state index < -0.39 is 15.4 Å².